The van der Waals surface area contributed by atoms with Crippen molar-refractivity contribution >= 4 is 5.91 Å². The molecule has 1 amide bonds. The first-order valence-electron chi connectivity index (χ1n) is 14.3. The number of amides is 1. The molecule has 5 rings (SSSR count). The summed E-state index contributed by atoms with van der Waals surface area (Å²) in [7, 11) is 1.69. The van der Waals surface area contributed by atoms with Gasteiger partial charge in [-0.25, -0.2) is 22.0 Å². The monoisotopic (exact) mass is 620 g/mol. The Kier molecular flexibility index (Phi) is 10.3. The van der Waals surface area contributed by atoms with E-state index in [2.05, 4.69) is 10.2 Å². The van der Waals surface area contributed by atoms with Crippen molar-refractivity contribution in [3.05, 3.63) is 105 Å². The van der Waals surface area contributed by atoms with Crippen LogP contribution in [-0.4, -0.2) is 54.9 Å². The van der Waals surface area contributed by atoms with E-state index in [1.807, 2.05) is 24.3 Å². The molecule has 0 spiro atoms. The lowest BCUT2D eigenvalue weighted by Gasteiger charge is -2.38. The molecule has 0 saturated carbocycles. The Hall–Kier alpha value is -3.42. The van der Waals surface area contributed by atoms with Gasteiger partial charge in [-0.1, -0.05) is 48.5 Å². The van der Waals surface area contributed by atoms with Crippen LogP contribution in [0.5, 0.6) is 0 Å². The van der Waals surface area contributed by atoms with E-state index in [1.54, 1.807) is 31.4 Å². The van der Waals surface area contributed by atoms with Gasteiger partial charge in [0.2, 0.25) is 5.82 Å². The van der Waals surface area contributed by atoms with Gasteiger partial charge in [0.15, 0.2) is 29.6 Å². The number of halogens is 5. The standard InChI is InChI=1S/C32H33F5N2O5/c1-42-17-22-3-2-12-39(22)15-23-13-24(20-8-6-19(16-40)7-9-20)44-32(43-23)21-10-4-18(5-11-21)14-38-31(41)25-26(33)28(35)30(37)29(36)27(25)34/h4-11,22-24,32,40H,2-3,12-17H2,1H3,(H,38,41)/t22-,23+,24-,32-/m0/s1. The summed E-state index contributed by atoms with van der Waals surface area (Å²) in [5.74, 6) is -12.5. The van der Waals surface area contributed by atoms with Gasteiger partial charge in [0.05, 0.1) is 25.4 Å². The Balaban J connectivity index is 1.29. The number of aliphatic hydroxyl groups excluding tert-OH is 1. The summed E-state index contributed by atoms with van der Waals surface area (Å²) >= 11 is 0. The van der Waals surface area contributed by atoms with E-state index in [9.17, 15) is 31.9 Å². The molecule has 2 fully saturated rings. The van der Waals surface area contributed by atoms with Crippen LogP contribution in [0.2, 0.25) is 0 Å². The Morgan fingerprint density at radius 2 is 1.52 bits per heavy atom. The highest BCUT2D eigenvalue weighted by molar-refractivity contribution is 5.94. The summed E-state index contributed by atoms with van der Waals surface area (Å²) in [5, 5.41) is 11.6. The average molecular weight is 621 g/mol. The van der Waals surface area contributed by atoms with Gasteiger partial charge >= 0.3 is 0 Å². The van der Waals surface area contributed by atoms with E-state index in [1.165, 1.54) is 0 Å². The fourth-order valence-electron chi connectivity index (χ4n) is 5.68. The molecule has 2 aliphatic heterocycles. The number of aliphatic hydroxyl groups is 1. The molecule has 44 heavy (non-hydrogen) atoms. The topological polar surface area (TPSA) is 80.3 Å². The summed E-state index contributed by atoms with van der Waals surface area (Å²) < 4.78 is 86.6. The van der Waals surface area contributed by atoms with E-state index >= 15 is 0 Å². The molecule has 4 atom stereocenters. The molecule has 0 bridgehead atoms. The zero-order chi connectivity index (χ0) is 31.4. The Bertz CT molecular complexity index is 1430. The van der Waals surface area contributed by atoms with E-state index in [0.717, 1.165) is 30.5 Å². The average Bonchev–Trinajstić information content (AvgIpc) is 3.48. The van der Waals surface area contributed by atoms with Gasteiger partial charge in [-0.05, 0) is 36.1 Å². The predicted molar refractivity (Wildman–Crippen MR) is 149 cm³/mol. The number of methoxy groups -OCH3 is 1. The first kappa shape index (κ1) is 32.0. The summed E-state index contributed by atoms with van der Waals surface area (Å²) in [6.07, 6.45) is 1.58. The summed E-state index contributed by atoms with van der Waals surface area (Å²) in [4.78, 5) is 14.7. The van der Waals surface area contributed by atoms with E-state index in [-0.39, 0.29) is 25.4 Å². The van der Waals surface area contributed by atoms with Crippen LogP contribution in [0.15, 0.2) is 48.5 Å². The van der Waals surface area contributed by atoms with Gasteiger partial charge in [-0.15, -0.1) is 0 Å². The zero-order valence-corrected chi connectivity index (χ0v) is 24.0. The van der Waals surface area contributed by atoms with Crippen LogP contribution in [0, 0.1) is 29.1 Å². The highest BCUT2D eigenvalue weighted by Gasteiger charge is 2.35. The van der Waals surface area contributed by atoms with Gasteiger partial charge in [-0.3, -0.25) is 9.69 Å². The van der Waals surface area contributed by atoms with Crippen molar-refractivity contribution in [1.29, 1.82) is 0 Å². The summed E-state index contributed by atoms with van der Waals surface area (Å²) in [6.45, 7) is 1.98. The zero-order valence-electron chi connectivity index (χ0n) is 24.0. The molecular formula is C32H33F5N2O5. The predicted octanol–water partition coefficient (Wildman–Crippen LogP) is 5.46. The second-order valence-electron chi connectivity index (χ2n) is 11.0. The number of carbonyl (C=O) groups excluding carboxylic acids is 1. The van der Waals surface area contributed by atoms with Crippen LogP contribution in [0.4, 0.5) is 22.0 Å². The van der Waals surface area contributed by atoms with Crippen LogP contribution < -0.4 is 5.32 Å². The van der Waals surface area contributed by atoms with Crippen molar-refractivity contribution in [3.63, 3.8) is 0 Å². The molecule has 2 N–H and O–H groups in total. The smallest absolute Gasteiger partial charge is 0.257 e. The molecule has 0 radical (unpaired) electrons. The minimum absolute atomic E-state index is 0.0651. The molecule has 2 saturated heterocycles. The van der Waals surface area contributed by atoms with Gasteiger partial charge in [0.1, 0.15) is 5.56 Å². The first-order valence-corrected chi connectivity index (χ1v) is 14.3. The number of hydrogen-bond acceptors (Lipinski definition) is 6. The number of ether oxygens (including phenoxy) is 3. The maximum absolute atomic E-state index is 14.0. The normalized spacial score (nSPS) is 22.3. The number of hydrogen-bond donors (Lipinski definition) is 2. The number of rotatable bonds is 10. The van der Waals surface area contributed by atoms with Crippen molar-refractivity contribution in [3.8, 4) is 0 Å². The molecule has 3 aromatic rings. The van der Waals surface area contributed by atoms with Crippen LogP contribution in [0.25, 0.3) is 0 Å². The summed E-state index contributed by atoms with van der Waals surface area (Å²) in [5.41, 5.74) is 1.39. The van der Waals surface area contributed by atoms with Crippen molar-refractivity contribution in [1.82, 2.24) is 10.2 Å². The second kappa shape index (κ2) is 14.1. The Morgan fingerprint density at radius 1 is 0.909 bits per heavy atom. The van der Waals surface area contributed by atoms with Crippen molar-refractivity contribution < 1.29 is 46.1 Å². The fraction of sp³-hybridized carbons (Fsp3) is 0.406. The van der Waals surface area contributed by atoms with Crippen molar-refractivity contribution in [2.75, 3.05) is 26.8 Å². The highest BCUT2D eigenvalue weighted by Crippen LogP contribution is 2.39. The van der Waals surface area contributed by atoms with Crippen LogP contribution in [0.3, 0.4) is 0 Å². The van der Waals surface area contributed by atoms with Gasteiger partial charge in [0.25, 0.3) is 5.91 Å². The number of carbonyl (C=O) groups is 1. The van der Waals surface area contributed by atoms with E-state index < -0.39 is 46.8 Å². The third-order valence-corrected chi connectivity index (χ3v) is 8.05. The third-order valence-electron chi connectivity index (χ3n) is 8.05. The molecular weight excluding hydrogens is 587 g/mol. The molecule has 7 nitrogen and oxygen atoms in total. The number of likely N-dealkylation sites (tertiary alicyclic amines) is 1. The molecule has 0 aromatic heterocycles. The molecule has 0 aliphatic carbocycles. The quantitative estimate of drug-likeness (QED) is 0.178. The largest absolute Gasteiger partial charge is 0.392 e. The lowest BCUT2D eigenvalue weighted by atomic mass is 9.99. The van der Waals surface area contributed by atoms with Crippen LogP contribution in [-0.2, 0) is 27.4 Å². The van der Waals surface area contributed by atoms with Gasteiger partial charge in [-0.2, -0.15) is 0 Å². The maximum Gasteiger partial charge on any atom is 0.257 e. The van der Waals surface area contributed by atoms with Crippen LogP contribution >= 0.6 is 0 Å². The minimum Gasteiger partial charge on any atom is -0.392 e. The summed E-state index contributed by atoms with van der Waals surface area (Å²) in [6, 6.07) is 14.6. The molecule has 12 heteroatoms. The van der Waals surface area contributed by atoms with Gasteiger partial charge in [0, 0.05) is 38.2 Å². The van der Waals surface area contributed by atoms with Crippen molar-refractivity contribution in [2.45, 2.75) is 57.0 Å². The third kappa shape index (κ3) is 6.94. The van der Waals surface area contributed by atoms with Gasteiger partial charge < -0.3 is 24.6 Å². The molecule has 0 unspecified atom stereocenters. The van der Waals surface area contributed by atoms with E-state index in [4.69, 9.17) is 14.2 Å². The molecule has 236 valence electrons. The first-order chi connectivity index (χ1) is 21.2. The molecule has 2 heterocycles. The van der Waals surface area contributed by atoms with Crippen molar-refractivity contribution in [2.24, 2.45) is 0 Å². The minimum atomic E-state index is -2.33. The Labute approximate surface area is 251 Å². The SMILES string of the molecule is COC[C@@H]1CCCN1C[C@H]1C[C@@H](c2ccc(CO)cc2)O[C@@H](c2ccc(CNC(=O)c3c(F)c(F)c(F)c(F)c3F)cc2)O1. The second-order valence-corrected chi connectivity index (χ2v) is 11.0. The maximum atomic E-state index is 14.0. The number of nitrogens with zero attached hydrogens (tertiary/aromatic N) is 1. The Morgan fingerprint density at radius 3 is 2.16 bits per heavy atom. The molecule has 2 aliphatic rings. The van der Waals surface area contributed by atoms with E-state index in [0.29, 0.717) is 36.7 Å². The number of benzene rings is 3. The fourth-order valence-corrected chi connectivity index (χ4v) is 5.68. The molecule has 3 aromatic carbocycles. The lowest BCUT2D eigenvalue weighted by Crippen LogP contribution is -2.42. The van der Waals surface area contributed by atoms with Crippen LogP contribution in [0.1, 0.15) is 64.3 Å². The number of nitrogens with one attached hydrogen (secondary N) is 1. The lowest BCUT2D eigenvalue weighted by molar-refractivity contribution is -0.253. The highest BCUT2D eigenvalue weighted by atomic mass is 19.2.